The van der Waals surface area contributed by atoms with Crippen LogP contribution in [-0.4, -0.2) is 24.5 Å². The third-order valence-electron chi connectivity index (χ3n) is 2.66. The summed E-state index contributed by atoms with van der Waals surface area (Å²) in [6, 6.07) is 4.31. The lowest BCUT2D eigenvalue weighted by atomic mass is 9.93. The zero-order chi connectivity index (χ0) is 9.80. The predicted octanol–water partition coefficient (Wildman–Crippen LogP) is 2.70. The van der Waals surface area contributed by atoms with E-state index in [1.54, 1.807) is 11.8 Å². The number of thioether (sulfide) groups is 1. The third kappa shape index (κ3) is 2.28. The van der Waals surface area contributed by atoms with Gasteiger partial charge < -0.3 is 4.74 Å². The Morgan fingerprint density at radius 2 is 2.14 bits per heavy atom. The van der Waals surface area contributed by atoms with E-state index in [0.717, 1.165) is 31.1 Å². The Kier molecular flexibility index (Phi) is 3.43. The predicted molar refractivity (Wildman–Crippen MR) is 58.8 cm³/mol. The molecule has 2 rings (SSSR count). The Hall–Kier alpha value is -0.540. The molecule has 3 heteroatoms. The summed E-state index contributed by atoms with van der Waals surface area (Å²) in [7, 11) is 0. The van der Waals surface area contributed by atoms with Crippen LogP contribution in [0, 0.1) is 0 Å². The smallest absolute Gasteiger partial charge is 0.0957 e. The van der Waals surface area contributed by atoms with Gasteiger partial charge in [-0.05, 0) is 36.6 Å². The zero-order valence-electron chi connectivity index (χ0n) is 8.40. The summed E-state index contributed by atoms with van der Waals surface area (Å²) in [6.45, 7) is 1.80. The van der Waals surface area contributed by atoms with Crippen molar-refractivity contribution in [3.8, 4) is 0 Å². The van der Waals surface area contributed by atoms with E-state index in [0.29, 0.717) is 5.92 Å². The topological polar surface area (TPSA) is 22.1 Å². The largest absolute Gasteiger partial charge is 0.381 e. The van der Waals surface area contributed by atoms with Crippen molar-refractivity contribution in [2.45, 2.75) is 23.8 Å². The second-order valence-corrected chi connectivity index (χ2v) is 4.35. The minimum absolute atomic E-state index is 0.659. The van der Waals surface area contributed by atoms with E-state index >= 15 is 0 Å². The lowest BCUT2D eigenvalue weighted by Gasteiger charge is -2.21. The number of nitrogens with zero attached hydrogens (tertiary/aromatic N) is 1. The van der Waals surface area contributed by atoms with Gasteiger partial charge in [-0.25, -0.2) is 4.98 Å². The van der Waals surface area contributed by atoms with Crippen molar-refractivity contribution in [2.24, 2.45) is 0 Å². The van der Waals surface area contributed by atoms with E-state index in [4.69, 9.17) is 4.74 Å². The number of rotatable bonds is 2. The Balaban J connectivity index is 2.07. The van der Waals surface area contributed by atoms with Gasteiger partial charge in [-0.15, -0.1) is 11.8 Å². The van der Waals surface area contributed by atoms with Gasteiger partial charge in [0.15, 0.2) is 0 Å². The molecular weight excluding hydrogens is 194 g/mol. The number of hydrogen-bond acceptors (Lipinski definition) is 3. The molecule has 0 radical (unpaired) electrons. The Morgan fingerprint density at radius 1 is 1.36 bits per heavy atom. The van der Waals surface area contributed by atoms with Crippen LogP contribution in [0.4, 0.5) is 0 Å². The van der Waals surface area contributed by atoms with Crippen LogP contribution in [0.15, 0.2) is 23.4 Å². The molecule has 1 aliphatic rings. The van der Waals surface area contributed by atoms with E-state index in [1.165, 1.54) is 5.56 Å². The monoisotopic (exact) mass is 209 g/mol. The first-order valence-corrected chi connectivity index (χ1v) is 6.20. The van der Waals surface area contributed by atoms with E-state index in [1.807, 2.05) is 6.20 Å². The summed E-state index contributed by atoms with van der Waals surface area (Å²) in [5, 5.41) is 1.10. The van der Waals surface area contributed by atoms with Crippen molar-refractivity contribution in [2.75, 3.05) is 19.5 Å². The summed E-state index contributed by atoms with van der Waals surface area (Å²) >= 11 is 1.69. The van der Waals surface area contributed by atoms with E-state index in [2.05, 4.69) is 23.4 Å². The molecule has 1 aromatic rings. The highest BCUT2D eigenvalue weighted by Crippen LogP contribution is 2.26. The normalized spacial score (nSPS) is 18.4. The first kappa shape index (κ1) is 9.99. The first-order valence-electron chi connectivity index (χ1n) is 4.98. The number of hydrogen-bond donors (Lipinski definition) is 0. The number of pyridine rings is 1. The fraction of sp³-hybridized carbons (Fsp3) is 0.545. The van der Waals surface area contributed by atoms with Crippen molar-refractivity contribution in [1.82, 2.24) is 4.98 Å². The maximum Gasteiger partial charge on any atom is 0.0957 e. The minimum atomic E-state index is 0.659. The summed E-state index contributed by atoms with van der Waals surface area (Å²) in [6.07, 6.45) is 6.35. The highest BCUT2D eigenvalue weighted by Gasteiger charge is 2.15. The van der Waals surface area contributed by atoms with Crippen molar-refractivity contribution in [1.29, 1.82) is 0 Å². The zero-order valence-corrected chi connectivity index (χ0v) is 9.22. The van der Waals surface area contributed by atoms with Gasteiger partial charge in [0, 0.05) is 19.4 Å². The second kappa shape index (κ2) is 4.80. The summed E-state index contributed by atoms with van der Waals surface area (Å²) in [4.78, 5) is 4.39. The van der Waals surface area contributed by atoms with Crippen LogP contribution in [-0.2, 0) is 4.74 Å². The van der Waals surface area contributed by atoms with Crippen LogP contribution in [0.3, 0.4) is 0 Å². The van der Waals surface area contributed by atoms with Gasteiger partial charge in [-0.3, -0.25) is 0 Å². The molecule has 1 aliphatic heterocycles. The Bertz CT molecular complexity index is 280. The van der Waals surface area contributed by atoms with Crippen LogP contribution in [0.1, 0.15) is 24.3 Å². The van der Waals surface area contributed by atoms with Crippen molar-refractivity contribution in [3.63, 3.8) is 0 Å². The Labute approximate surface area is 89.1 Å². The quantitative estimate of drug-likeness (QED) is 0.699. The standard InChI is InChI=1S/C11H15NOS/c1-14-11-3-2-10(8-12-11)9-4-6-13-7-5-9/h2-3,8-9H,4-7H2,1H3. The fourth-order valence-corrected chi connectivity index (χ4v) is 2.15. The Morgan fingerprint density at radius 3 is 2.71 bits per heavy atom. The van der Waals surface area contributed by atoms with Gasteiger partial charge in [-0.2, -0.15) is 0 Å². The van der Waals surface area contributed by atoms with Gasteiger partial charge in [0.25, 0.3) is 0 Å². The van der Waals surface area contributed by atoms with Gasteiger partial charge in [0.05, 0.1) is 5.03 Å². The molecule has 1 aromatic heterocycles. The maximum atomic E-state index is 5.34. The summed E-state index contributed by atoms with van der Waals surface area (Å²) in [5.41, 5.74) is 1.37. The van der Waals surface area contributed by atoms with Gasteiger partial charge in [0.1, 0.15) is 0 Å². The summed E-state index contributed by atoms with van der Waals surface area (Å²) < 4.78 is 5.34. The third-order valence-corrected chi connectivity index (χ3v) is 3.32. The average Bonchev–Trinajstić information content (AvgIpc) is 2.30. The molecule has 0 saturated carbocycles. The van der Waals surface area contributed by atoms with Gasteiger partial charge in [0.2, 0.25) is 0 Å². The molecule has 1 saturated heterocycles. The molecule has 0 atom stereocenters. The molecule has 0 bridgehead atoms. The SMILES string of the molecule is CSc1ccc(C2CCOCC2)cn1. The molecule has 0 N–H and O–H groups in total. The highest BCUT2D eigenvalue weighted by atomic mass is 32.2. The molecule has 0 aliphatic carbocycles. The molecule has 2 heterocycles. The molecule has 0 unspecified atom stereocenters. The second-order valence-electron chi connectivity index (χ2n) is 3.52. The molecule has 2 nitrogen and oxygen atoms in total. The van der Waals surface area contributed by atoms with Crippen LogP contribution in [0.25, 0.3) is 0 Å². The molecule has 0 spiro atoms. The van der Waals surface area contributed by atoms with E-state index < -0.39 is 0 Å². The number of aromatic nitrogens is 1. The van der Waals surface area contributed by atoms with Crippen LogP contribution < -0.4 is 0 Å². The fourth-order valence-electron chi connectivity index (χ4n) is 1.78. The molecule has 1 fully saturated rings. The molecule has 0 aromatic carbocycles. The molecule has 0 amide bonds. The lowest BCUT2D eigenvalue weighted by molar-refractivity contribution is 0.0852. The van der Waals surface area contributed by atoms with Gasteiger partial charge in [-0.1, -0.05) is 6.07 Å². The van der Waals surface area contributed by atoms with Gasteiger partial charge >= 0.3 is 0 Å². The van der Waals surface area contributed by atoms with Crippen LogP contribution in [0.5, 0.6) is 0 Å². The van der Waals surface area contributed by atoms with E-state index in [-0.39, 0.29) is 0 Å². The maximum absolute atomic E-state index is 5.34. The molecule has 14 heavy (non-hydrogen) atoms. The van der Waals surface area contributed by atoms with Crippen molar-refractivity contribution >= 4 is 11.8 Å². The minimum Gasteiger partial charge on any atom is -0.381 e. The van der Waals surface area contributed by atoms with Crippen molar-refractivity contribution < 1.29 is 4.74 Å². The van der Waals surface area contributed by atoms with E-state index in [9.17, 15) is 0 Å². The molecule has 76 valence electrons. The first-order chi connectivity index (χ1) is 6.90. The lowest BCUT2D eigenvalue weighted by Crippen LogP contribution is -2.14. The summed E-state index contributed by atoms with van der Waals surface area (Å²) in [5.74, 6) is 0.659. The number of ether oxygens (including phenoxy) is 1. The van der Waals surface area contributed by atoms with Crippen LogP contribution >= 0.6 is 11.8 Å². The highest BCUT2D eigenvalue weighted by molar-refractivity contribution is 7.98. The van der Waals surface area contributed by atoms with Crippen LogP contribution in [0.2, 0.25) is 0 Å². The van der Waals surface area contributed by atoms with Crippen molar-refractivity contribution in [3.05, 3.63) is 23.9 Å². The molecular formula is C11H15NOS. The average molecular weight is 209 g/mol.